The number of aromatic amines is 1. The topological polar surface area (TPSA) is 96.1 Å². The number of H-pyrrole nitrogens is 1. The van der Waals surface area contributed by atoms with Crippen LogP contribution in [0.2, 0.25) is 0 Å². The molecule has 4 aromatic rings. The molecular formula is C25H19FN4O3S. The van der Waals surface area contributed by atoms with Crippen LogP contribution < -0.4 is 20.8 Å². The van der Waals surface area contributed by atoms with E-state index in [2.05, 4.69) is 20.6 Å². The largest absolute Gasteiger partial charge is 0.456 e. The molecular weight excluding hydrogens is 455 g/mol. The first-order valence-corrected chi connectivity index (χ1v) is 11.5. The molecule has 0 saturated heterocycles. The SMILES string of the molecule is O=C(Nc1ccc(Oc2ccnc3c2SCCN3)cc1)c1c[nH]cc(-c2ccc(F)cc2)c1=O. The minimum Gasteiger partial charge on any atom is -0.456 e. The molecule has 5 rings (SSSR count). The molecule has 170 valence electrons. The van der Waals surface area contributed by atoms with Gasteiger partial charge in [-0.05, 0) is 42.0 Å². The fraction of sp³-hybridized carbons (Fsp3) is 0.0800. The van der Waals surface area contributed by atoms with Crippen LogP contribution in [0.5, 0.6) is 11.5 Å². The number of hydrogen-bond acceptors (Lipinski definition) is 6. The Hall–Kier alpha value is -4.11. The first-order valence-electron chi connectivity index (χ1n) is 10.5. The number of thioether (sulfide) groups is 1. The quantitative estimate of drug-likeness (QED) is 0.371. The van der Waals surface area contributed by atoms with E-state index in [0.29, 0.717) is 22.7 Å². The van der Waals surface area contributed by atoms with E-state index in [1.54, 1.807) is 42.2 Å². The lowest BCUT2D eigenvalue weighted by atomic mass is 10.0. The van der Waals surface area contributed by atoms with Crippen molar-refractivity contribution in [2.45, 2.75) is 4.90 Å². The second-order valence-electron chi connectivity index (χ2n) is 7.46. The number of anilines is 2. The maximum absolute atomic E-state index is 13.2. The summed E-state index contributed by atoms with van der Waals surface area (Å²) in [6, 6.07) is 14.2. The van der Waals surface area contributed by atoms with E-state index in [9.17, 15) is 14.0 Å². The molecule has 0 saturated carbocycles. The number of amides is 1. The van der Waals surface area contributed by atoms with Crippen molar-refractivity contribution in [3.63, 3.8) is 0 Å². The van der Waals surface area contributed by atoms with E-state index in [-0.39, 0.29) is 11.1 Å². The third kappa shape index (κ3) is 4.51. The second kappa shape index (κ2) is 9.40. The Morgan fingerprint density at radius 2 is 1.85 bits per heavy atom. The fourth-order valence-electron chi connectivity index (χ4n) is 3.53. The van der Waals surface area contributed by atoms with Crippen LogP contribution in [0.15, 0.2) is 82.9 Å². The van der Waals surface area contributed by atoms with Gasteiger partial charge in [0.2, 0.25) is 5.43 Å². The highest BCUT2D eigenvalue weighted by atomic mass is 32.2. The van der Waals surface area contributed by atoms with Crippen LogP contribution in [-0.4, -0.2) is 28.2 Å². The minimum absolute atomic E-state index is 0.0462. The van der Waals surface area contributed by atoms with E-state index in [1.165, 1.54) is 36.7 Å². The summed E-state index contributed by atoms with van der Waals surface area (Å²) in [6.07, 6.45) is 4.53. The number of halogens is 1. The molecule has 0 atom stereocenters. The maximum Gasteiger partial charge on any atom is 0.261 e. The van der Waals surface area contributed by atoms with Crippen molar-refractivity contribution in [3.05, 3.63) is 94.8 Å². The zero-order chi connectivity index (χ0) is 23.5. The predicted octanol–water partition coefficient (Wildman–Crippen LogP) is 5.14. The van der Waals surface area contributed by atoms with Gasteiger partial charge >= 0.3 is 0 Å². The Bertz CT molecular complexity index is 1410. The number of aromatic nitrogens is 2. The summed E-state index contributed by atoms with van der Waals surface area (Å²) in [4.78, 5) is 33.7. The predicted molar refractivity (Wildman–Crippen MR) is 130 cm³/mol. The van der Waals surface area contributed by atoms with Gasteiger partial charge in [-0.1, -0.05) is 12.1 Å². The van der Waals surface area contributed by atoms with Crippen molar-refractivity contribution in [2.75, 3.05) is 22.9 Å². The van der Waals surface area contributed by atoms with Crippen molar-refractivity contribution in [2.24, 2.45) is 0 Å². The Balaban J connectivity index is 1.31. The number of benzene rings is 2. The molecule has 0 bridgehead atoms. The second-order valence-corrected chi connectivity index (χ2v) is 8.57. The van der Waals surface area contributed by atoms with Gasteiger partial charge in [-0.15, -0.1) is 11.8 Å². The Morgan fingerprint density at radius 1 is 1.06 bits per heavy atom. The van der Waals surface area contributed by atoms with Gasteiger partial charge in [0.05, 0.1) is 4.90 Å². The molecule has 34 heavy (non-hydrogen) atoms. The highest BCUT2D eigenvalue weighted by molar-refractivity contribution is 7.99. The van der Waals surface area contributed by atoms with Crippen molar-refractivity contribution in [1.29, 1.82) is 0 Å². The summed E-state index contributed by atoms with van der Waals surface area (Å²) < 4.78 is 19.2. The standard InChI is InChI=1S/C25H19FN4O3S/c26-16-3-1-15(2-4-16)19-13-27-14-20(22(19)31)25(32)30-17-5-7-18(8-6-17)33-21-9-10-28-24-23(21)34-12-11-29-24/h1-10,13-14H,11-12H2,(H,27,31)(H,28,29)(H,30,32). The van der Waals surface area contributed by atoms with Gasteiger partial charge in [-0.2, -0.15) is 0 Å². The van der Waals surface area contributed by atoms with Crippen LogP contribution in [-0.2, 0) is 0 Å². The molecule has 1 aliphatic rings. The van der Waals surface area contributed by atoms with Gasteiger partial charge in [-0.3, -0.25) is 9.59 Å². The van der Waals surface area contributed by atoms with Crippen LogP contribution in [0.1, 0.15) is 10.4 Å². The maximum atomic E-state index is 13.2. The van der Waals surface area contributed by atoms with E-state index in [4.69, 9.17) is 4.74 Å². The summed E-state index contributed by atoms with van der Waals surface area (Å²) in [7, 11) is 0. The number of carbonyl (C=O) groups is 1. The molecule has 2 aromatic carbocycles. The number of ether oxygens (including phenoxy) is 1. The molecule has 0 spiro atoms. The molecule has 0 radical (unpaired) electrons. The molecule has 1 amide bonds. The Labute approximate surface area is 198 Å². The normalized spacial score (nSPS) is 12.4. The van der Waals surface area contributed by atoms with Gasteiger partial charge in [0.25, 0.3) is 5.91 Å². The van der Waals surface area contributed by atoms with Crippen molar-refractivity contribution < 1.29 is 13.9 Å². The molecule has 3 heterocycles. The van der Waals surface area contributed by atoms with Crippen molar-refractivity contribution >= 4 is 29.2 Å². The average molecular weight is 475 g/mol. The van der Waals surface area contributed by atoms with Crippen LogP contribution in [0.4, 0.5) is 15.9 Å². The lowest BCUT2D eigenvalue weighted by Gasteiger charge is -2.19. The first kappa shape index (κ1) is 21.7. The molecule has 9 heteroatoms. The van der Waals surface area contributed by atoms with Crippen LogP contribution in [0.3, 0.4) is 0 Å². The molecule has 0 fully saturated rings. The number of rotatable bonds is 5. The molecule has 0 aliphatic carbocycles. The lowest BCUT2D eigenvalue weighted by molar-refractivity contribution is 0.102. The highest BCUT2D eigenvalue weighted by Gasteiger charge is 2.17. The number of pyridine rings is 2. The monoisotopic (exact) mass is 474 g/mol. The highest BCUT2D eigenvalue weighted by Crippen LogP contribution is 2.39. The number of nitrogens with one attached hydrogen (secondary N) is 3. The van der Waals surface area contributed by atoms with Crippen LogP contribution >= 0.6 is 11.8 Å². The number of fused-ring (bicyclic) bond motifs is 1. The third-order valence-electron chi connectivity index (χ3n) is 5.19. The van der Waals surface area contributed by atoms with E-state index < -0.39 is 17.2 Å². The van der Waals surface area contributed by atoms with Gasteiger partial charge in [0.1, 0.15) is 28.7 Å². The Morgan fingerprint density at radius 3 is 2.65 bits per heavy atom. The number of hydrogen-bond donors (Lipinski definition) is 3. The average Bonchev–Trinajstić information content (AvgIpc) is 2.86. The molecule has 7 nitrogen and oxygen atoms in total. The summed E-state index contributed by atoms with van der Waals surface area (Å²) >= 11 is 1.69. The molecule has 2 aromatic heterocycles. The van der Waals surface area contributed by atoms with E-state index >= 15 is 0 Å². The minimum atomic E-state index is -0.551. The van der Waals surface area contributed by atoms with Gasteiger partial charge in [0.15, 0.2) is 0 Å². The smallest absolute Gasteiger partial charge is 0.261 e. The molecule has 0 unspecified atom stereocenters. The van der Waals surface area contributed by atoms with E-state index in [0.717, 1.165) is 23.0 Å². The first-order chi connectivity index (χ1) is 16.6. The van der Waals surface area contributed by atoms with E-state index in [1.807, 2.05) is 6.07 Å². The number of nitrogens with zero attached hydrogens (tertiary/aromatic N) is 1. The number of carbonyl (C=O) groups excluding carboxylic acids is 1. The Kier molecular flexibility index (Phi) is 6.01. The summed E-state index contributed by atoms with van der Waals surface area (Å²) in [5.41, 5.74) is 0.818. The lowest BCUT2D eigenvalue weighted by Crippen LogP contribution is -2.22. The van der Waals surface area contributed by atoms with Crippen LogP contribution in [0.25, 0.3) is 11.1 Å². The van der Waals surface area contributed by atoms with Gasteiger partial charge in [-0.25, -0.2) is 9.37 Å². The zero-order valence-electron chi connectivity index (χ0n) is 17.8. The third-order valence-corrected chi connectivity index (χ3v) is 6.29. The molecule has 3 N–H and O–H groups in total. The summed E-state index contributed by atoms with van der Waals surface area (Å²) in [6.45, 7) is 0.859. The summed E-state index contributed by atoms with van der Waals surface area (Å²) in [5, 5.41) is 5.98. The summed E-state index contributed by atoms with van der Waals surface area (Å²) in [5.74, 6) is 2.11. The van der Waals surface area contributed by atoms with Gasteiger partial charge in [0, 0.05) is 48.2 Å². The van der Waals surface area contributed by atoms with Crippen molar-refractivity contribution in [3.8, 4) is 22.6 Å². The zero-order valence-corrected chi connectivity index (χ0v) is 18.6. The fourth-order valence-corrected chi connectivity index (χ4v) is 4.45. The molecule has 1 aliphatic heterocycles. The van der Waals surface area contributed by atoms with Gasteiger partial charge < -0.3 is 20.4 Å². The van der Waals surface area contributed by atoms with Crippen molar-refractivity contribution in [1.82, 2.24) is 9.97 Å². The van der Waals surface area contributed by atoms with Crippen LogP contribution in [0, 0.1) is 5.82 Å².